The van der Waals surface area contributed by atoms with E-state index in [-0.39, 0.29) is 17.5 Å². The Morgan fingerprint density at radius 3 is 2.39 bits per heavy atom. The van der Waals surface area contributed by atoms with Gasteiger partial charge in [-0.3, -0.25) is 0 Å². The molecule has 0 fully saturated rings. The summed E-state index contributed by atoms with van der Waals surface area (Å²) >= 11 is 3.23. The topological polar surface area (TPSA) is 74.6 Å². The number of hydrogen-bond donors (Lipinski definition) is 1. The van der Waals surface area contributed by atoms with Crippen molar-refractivity contribution in [2.24, 2.45) is 7.05 Å². The molecule has 0 bridgehead atoms. The molecule has 5 aromatic rings. The fourth-order valence-electron chi connectivity index (χ4n) is 4.09. The van der Waals surface area contributed by atoms with E-state index in [4.69, 9.17) is 10.7 Å². The average Bonchev–Trinajstić information content (AvgIpc) is 3.34. The first-order valence-corrected chi connectivity index (χ1v) is 10.9. The second kappa shape index (κ2) is 7.77. The second-order valence-corrected chi connectivity index (χ2v) is 8.72. The van der Waals surface area contributed by atoms with E-state index in [0.29, 0.717) is 38.3 Å². The minimum absolute atomic E-state index is 0.278. The molecule has 166 valence electrons. The van der Waals surface area contributed by atoms with Crippen LogP contribution in [0.3, 0.4) is 0 Å². The van der Waals surface area contributed by atoms with Crippen molar-refractivity contribution in [2.45, 2.75) is 13.8 Å². The average molecular weight is 509 g/mol. The number of aromatic nitrogens is 5. The number of imidazole rings is 2. The van der Waals surface area contributed by atoms with Gasteiger partial charge in [0.05, 0.1) is 27.7 Å². The van der Waals surface area contributed by atoms with Crippen LogP contribution in [0.1, 0.15) is 11.4 Å². The van der Waals surface area contributed by atoms with Gasteiger partial charge in [0.15, 0.2) is 5.82 Å². The molecule has 0 amide bonds. The molecule has 3 aromatic heterocycles. The normalized spacial score (nSPS) is 11.5. The predicted octanol–water partition coefficient (Wildman–Crippen LogP) is 5.73. The molecule has 6 nitrogen and oxygen atoms in total. The quantitative estimate of drug-likeness (QED) is 0.337. The zero-order valence-corrected chi connectivity index (χ0v) is 19.7. The first-order chi connectivity index (χ1) is 15.7. The van der Waals surface area contributed by atoms with Gasteiger partial charge in [0.1, 0.15) is 23.0 Å². The molecule has 2 N–H and O–H groups in total. The summed E-state index contributed by atoms with van der Waals surface area (Å²) in [6, 6.07) is 9.72. The fourth-order valence-corrected chi connectivity index (χ4v) is 4.47. The Bertz CT molecular complexity index is 1550. The monoisotopic (exact) mass is 508 g/mol. The van der Waals surface area contributed by atoms with Crippen LogP contribution in [-0.4, -0.2) is 24.1 Å². The van der Waals surface area contributed by atoms with Crippen molar-refractivity contribution in [3.63, 3.8) is 0 Å². The molecule has 0 atom stereocenters. The van der Waals surface area contributed by atoms with Gasteiger partial charge in [-0.2, -0.15) is 0 Å². The highest BCUT2D eigenvalue weighted by Crippen LogP contribution is 2.37. The van der Waals surface area contributed by atoms with Crippen LogP contribution in [0.15, 0.2) is 53.4 Å². The van der Waals surface area contributed by atoms with E-state index in [2.05, 4.69) is 25.9 Å². The summed E-state index contributed by atoms with van der Waals surface area (Å²) in [5.74, 6) is 0.121. The summed E-state index contributed by atoms with van der Waals surface area (Å²) in [6.07, 6.45) is 3.34. The number of nitrogen functional groups attached to an aromatic ring is 1. The third kappa shape index (κ3) is 3.48. The number of benzene rings is 2. The smallest absolute Gasteiger partial charge is 0.151 e. The number of nitrogens with two attached hydrogens (primary N) is 1. The molecule has 0 spiro atoms. The lowest BCUT2D eigenvalue weighted by atomic mass is 10.0. The molecule has 9 heteroatoms. The van der Waals surface area contributed by atoms with E-state index in [1.807, 2.05) is 31.5 Å². The molecule has 3 heterocycles. The van der Waals surface area contributed by atoms with Crippen LogP contribution in [0, 0.1) is 25.5 Å². The largest absolute Gasteiger partial charge is 0.382 e. The van der Waals surface area contributed by atoms with Gasteiger partial charge >= 0.3 is 0 Å². The van der Waals surface area contributed by atoms with Crippen LogP contribution in [0.25, 0.3) is 39.2 Å². The van der Waals surface area contributed by atoms with Crippen LogP contribution >= 0.6 is 15.9 Å². The minimum atomic E-state index is -0.390. The van der Waals surface area contributed by atoms with Crippen LogP contribution in [0.4, 0.5) is 14.6 Å². The number of hydrogen-bond acceptors (Lipinski definition) is 4. The zero-order chi connectivity index (χ0) is 23.4. The first kappa shape index (κ1) is 21.3. The van der Waals surface area contributed by atoms with E-state index < -0.39 is 0 Å². The minimum Gasteiger partial charge on any atom is -0.382 e. The van der Waals surface area contributed by atoms with Crippen molar-refractivity contribution < 1.29 is 8.78 Å². The van der Waals surface area contributed by atoms with Crippen molar-refractivity contribution in [3.05, 3.63) is 76.4 Å². The van der Waals surface area contributed by atoms with Crippen LogP contribution in [-0.2, 0) is 7.05 Å². The molecule has 0 unspecified atom stereocenters. The number of fused-ring (bicyclic) bond motifs is 1. The fraction of sp³-hybridized carbons (Fsp3) is 0.125. The van der Waals surface area contributed by atoms with E-state index in [0.717, 1.165) is 16.8 Å². The maximum atomic E-state index is 15.1. The molecule has 0 saturated heterocycles. The standard InChI is InChI=1S/C24H19BrF2N6/c1-12-10-33(11-29-12)19-7-5-14(9-18(19)27)20-13(2)30-23(28)21-22(20)32(3)24(31-21)15-4-6-17(26)16(25)8-15/h4-11H,1-3H3,(H2,28,30). The Balaban J connectivity index is 1.73. The number of nitrogens with zero attached hydrogens (tertiary/aromatic N) is 5. The molecule has 0 radical (unpaired) electrons. The molecule has 0 aliphatic carbocycles. The number of rotatable bonds is 3. The van der Waals surface area contributed by atoms with Gasteiger partial charge in [-0.05, 0) is 65.7 Å². The molecule has 0 aliphatic heterocycles. The van der Waals surface area contributed by atoms with Crippen molar-refractivity contribution in [3.8, 4) is 28.2 Å². The number of aryl methyl sites for hydroxylation is 3. The Kier molecular flexibility index (Phi) is 5.01. The maximum Gasteiger partial charge on any atom is 0.151 e. The molecule has 5 rings (SSSR count). The first-order valence-electron chi connectivity index (χ1n) is 10.1. The Morgan fingerprint density at radius 2 is 1.73 bits per heavy atom. The van der Waals surface area contributed by atoms with Gasteiger partial charge < -0.3 is 14.9 Å². The lowest BCUT2D eigenvalue weighted by Gasteiger charge is -2.13. The van der Waals surface area contributed by atoms with Gasteiger partial charge in [-0.15, -0.1) is 0 Å². The van der Waals surface area contributed by atoms with Crippen molar-refractivity contribution in [2.75, 3.05) is 5.73 Å². The van der Waals surface area contributed by atoms with Crippen molar-refractivity contribution >= 4 is 32.8 Å². The van der Waals surface area contributed by atoms with Gasteiger partial charge in [0, 0.05) is 30.1 Å². The Morgan fingerprint density at radius 1 is 0.970 bits per heavy atom. The molecule has 33 heavy (non-hydrogen) atoms. The van der Waals surface area contributed by atoms with Gasteiger partial charge in [-0.25, -0.2) is 23.7 Å². The number of anilines is 1. The molecule has 0 aliphatic rings. The molecular weight excluding hydrogens is 490 g/mol. The summed E-state index contributed by atoms with van der Waals surface area (Å²) in [5.41, 5.74) is 11.4. The highest BCUT2D eigenvalue weighted by Gasteiger charge is 2.21. The second-order valence-electron chi connectivity index (χ2n) is 7.87. The van der Waals surface area contributed by atoms with Crippen LogP contribution in [0.5, 0.6) is 0 Å². The third-order valence-corrected chi connectivity index (χ3v) is 6.24. The van der Waals surface area contributed by atoms with Gasteiger partial charge in [0.25, 0.3) is 0 Å². The number of halogens is 3. The van der Waals surface area contributed by atoms with Crippen LogP contribution < -0.4 is 5.73 Å². The van der Waals surface area contributed by atoms with Gasteiger partial charge in [0.2, 0.25) is 0 Å². The Labute approximate surface area is 196 Å². The van der Waals surface area contributed by atoms with Crippen molar-refractivity contribution in [1.29, 1.82) is 0 Å². The van der Waals surface area contributed by atoms with E-state index in [1.54, 1.807) is 35.3 Å². The molecule has 2 aromatic carbocycles. The SMILES string of the molecule is Cc1cn(-c2ccc(-c3c(C)nc(N)c4nc(-c5ccc(F)c(Br)c5)n(C)c34)cc2F)cn1. The maximum absolute atomic E-state index is 15.1. The van der Waals surface area contributed by atoms with E-state index >= 15 is 4.39 Å². The zero-order valence-electron chi connectivity index (χ0n) is 18.1. The Hall–Kier alpha value is -3.59. The highest BCUT2D eigenvalue weighted by atomic mass is 79.9. The van der Waals surface area contributed by atoms with E-state index in [9.17, 15) is 4.39 Å². The summed E-state index contributed by atoms with van der Waals surface area (Å²) in [6.45, 7) is 3.68. The van der Waals surface area contributed by atoms with E-state index in [1.165, 1.54) is 12.1 Å². The predicted molar refractivity (Wildman–Crippen MR) is 128 cm³/mol. The lowest BCUT2D eigenvalue weighted by molar-refractivity contribution is 0.618. The third-order valence-electron chi connectivity index (χ3n) is 5.63. The highest BCUT2D eigenvalue weighted by molar-refractivity contribution is 9.10. The lowest BCUT2D eigenvalue weighted by Crippen LogP contribution is -2.01. The summed E-state index contributed by atoms with van der Waals surface area (Å²) < 4.78 is 32.8. The molecule has 0 saturated carbocycles. The van der Waals surface area contributed by atoms with Crippen LogP contribution in [0.2, 0.25) is 0 Å². The van der Waals surface area contributed by atoms with Crippen molar-refractivity contribution in [1.82, 2.24) is 24.1 Å². The summed E-state index contributed by atoms with van der Waals surface area (Å²) in [4.78, 5) is 13.3. The summed E-state index contributed by atoms with van der Waals surface area (Å²) in [7, 11) is 1.85. The number of pyridine rings is 1. The van der Waals surface area contributed by atoms with Gasteiger partial charge in [-0.1, -0.05) is 6.07 Å². The molecular formula is C24H19BrF2N6. The summed E-state index contributed by atoms with van der Waals surface area (Å²) in [5, 5.41) is 0.